The third kappa shape index (κ3) is 0.937. The minimum atomic E-state index is 0.0231. The first-order valence-corrected chi connectivity index (χ1v) is 4.48. The Bertz CT molecular complexity index is 387. The molecule has 1 aromatic rings. The van der Waals surface area contributed by atoms with Crippen molar-refractivity contribution in [3.8, 4) is 0 Å². The fourth-order valence-corrected chi connectivity index (χ4v) is 1.95. The van der Waals surface area contributed by atoms with Crippen LogP contribution in [-0.2, 0) is 22.4 Å². The molecule has 2 heterocycles. The van der Waals surface area contributed by atoms with Crippen molar-refractivity contribution in [2.24, 2.45) is 0 Å². The van der Waals surface area contributed by atoms with E-state index in [1.165, 1.54) is 0 Å². The zero-order chi connectivity index (χ0) is 9.71. The predicted octanol–water partition coefficient (Wildman–Crippen LogP) is 0.676. The van der Waals surface area contributed by atoms with Crippen LogP contribution in [0.25, 0.3) is 0 Å². The molecular formula is C10H8N2O2. The van der Waals surface area contributed by atoms with Gasteiger partial charge in [0.05, 0.1) is 12.8 Å². The van der Waals surface area contributed by atoms with Gasteiger partial charge in [0.25, 0.3) is 0 Å². The van der Waals surface area contributed by atoms with Gasteiger partial charge in [-0.25, -0.2) is 0 Å². The predicted molar refractivity (Wildman–Crippen MR) is 51.1 cm³/mol. The summed E-state index contributed by atoms with van der Waals surface area (Å²) in [5, 5.41) is 5.53. The third-order valence-corrected chi connectivity index (χ3v) is 2.58. The van der Waals surface area contributed by atoms with Crippen molar-refractivity contribution < 1.29 is 9.59 Å². The summed E-state index contributed by atoms with van der Waals surface area (Å²) in [6, 6.07) is 3.76. The van der Waals surface area contributed by atoms with Crippen LogP contribution in [0.1, 0.15) is 11.1 Å². The maximum absolute atomic E-state index is 11.1. The van der Waals surface area contributed by atoms with Gasteiger partial charge in [-0.15, -0.1) is 0 Å². The van der Waals surface area contributed by atoms with Crippen molar-refractivity contribution in [1.29, 1.82) is 0 Å². The highest BCUT2D eigenvalue weighted by Crippen LogP contribution is 2.32. The summed E-state index contributed by atoms with van der Waals surface area (Å²) in [6.45, 7) is 0. The minimum Gasteiger partial charge on any atom is -0.326 e. The van der Waals surface area contributed by atoms with Crippen molar-refractivity contribution in [1.82, 2.24) is 0 Å². The van der Waals surface area contributed by atoms with E-state index in [1.807, 2.05) is 12.1 Å². The molecule has 0 radical (unpaired) electrons. The summed E-state index contributed by atoms with van der Waals surface area (Å²) in [7, 11) is 0. The summed E-state index contributed by atoms with van der Waals surface area (Å²) in [6.07, 6.45) is 0.830. The van der Waals surface area contributed by atoms with E-state index in [0.29, 0.717) is 12.8 Å². The third-order valence-electron chi connectivity index (χ3n) is 2.58. The van der Waals surface area contributed by atoms with E-state index < -0.39 is 0 Å². The number of nitrogens with one attached hydrogen (secondary N) is 2. The van der Waals surface area contributed by atoms with E-state index in [9.17, 15) is 9.59 Å². The van der Waals surface area contributed by atoms with E-state index in [1.54, 1.807) is 0 Å². The number of hydrogen-bond acceptors (Lipinski definition) is 2. The number of rotatable bonds is 0. The molecule has 4 nitrogen and oxygen atoms in total. The Balaban J connectivity index is 2.13. The Hall–Kier alpha value is -1.84. The summed E-state index contributed by atoms with van der Waals surface area (Å²) >= 11 is 0. The normalized spacial score (nSPS) is 17.4. The van der Waals surface area contributed by atoms with Crippen LogP contribution in [0, 0.1) is 0 Å². The molecule has 4 heteroatoms. The Labute approximate surface area is 80.3 Å². The lowest BCUT2D eigenvalue weighted by Crippen LogP contribution is -2.04. The van der Waals surface area contributed by atoms with E-state index in [2.05, 4.69) is 10.6 Å². The van der Waals surface area contributed by atoms with Gasteiger partial charge in [0.15, 0.2) is 0 Å². The molecule has 2 aliphatic heterocycles. The summed E-state index contributed by atoms with van der Waals surface area (Å²) in [4.78, 5) is 22.2. The molecule has 1 aromatic carbocycles. The van der Waals surface area contributed by atoms with Gasteiger partial charge < -0.3 is 10.6 Å². The monoisotopic (exact) mass is 188 g/mol. The van der Waals surface area contributed by atoms with E-state index in [0.717, 1.165) is 22.5 Å². The molecule has 0 spiro atoms. The van der Waals surface area contributed by atoms with Crippen molar-refractivity contribution in [3.05, 3.63) is 23.3 Å². The van der Waals surface area contributed by atoms with Gasteiger partial charge in [-0.05, 0) is 23.3 Å². The lowest BCUT2D eigenvalue weighted by molar-refractivity contribution is -0.115. The Kier molecular flexibility index (Phi) is 1.27. The molecule has 70 valence electrons. The van der Waals surface area contributed by atoms with Crippen molar-refractivity contribution in [3.63, 3.8) is 0 Å². The summed E-state index contributed by atoms with van der Waals surface area (Å²) < 4.78 is 0. The SMILES string of the molecule is O=C1Cc2cc3c(cc2N1)CC(=O)N3. The Morgan fingerprint density at radius 1 is 0.857 bits per heavy atom. The first-order valence-electron chi connectivity index (χ1n) is 4.48. The molecule has 0 aromatic heterocycles. The smallest absolute Gasteiger partial charge is 0.228 e. The van der Waals surface area contributed by atoms with Crippen LogP contribution in [-0.4, -0.2) is 11.8 Å². The zero-order valence-corrected chi connectivity index (χ0v) is 7.39. The average Bonchev–Trinajstić information content (AvgIpc) is 2.59. The Morgan fingerprint density at radius 3 is 1.71 bits per heavy atom. The highest BCUT2D eigenvalue weighted by Gasteiger charge is 2.24. The molecule has 0 fully saturated rings. The number of benzene rings is 1. The average molecular weight is 188 g/mol. The van der Waals surface area contributed by atoms with Gasteiger partial charge in [0.2, 0.25) is 11.8 Å². The van der Waals surface area contributed by atoms with E-state index >= 15 is 0 Å². The molecule has 0 unspecified atom stereocenters. The second kappa shape index (κ2) is 2.35. The largest absolute Gasteiger partial charge is 0.326 e. The molecule has 0 saturated heterocycles. The van der Waals surface area contributed by atoms with Crippen LogP contribution in [0.15, 0.2) is 12.1 Å². The molecule has 2 aliphatic rings. The lowest BCUT2D eigenvalue weighted by atomic mass is 10.1. The fourth-order valence-electron chi connectivity index (χ4n) is 1.95. The first-order chi connectivity index (χ1) is 6.72. The fraction of sp³-hybridized carbons (Fsp3) is 0.200. The quantitative estimate of drug-likeness (QED) is 0.628. The van der Waals surface area contributed by atoms with Gasteiger partial charge in [-0.1, -0.05) is 0 Å². The molecule has 3 rings (SSSR count). The first kappa shape index (κ1) is 7.55. The Morgan fingerprint density at radius 2 is 1.29 bits per heavy atom. The van der Waals surface area contributed by atoms with Gasteiger partial charge in [-0.3, -0.25) is 9.59 Å². The van der Waals surface area contributed by atoms with Crippen molar-refractivity contribution in [2.75, 3.05) is 10.6 Å². The van der Waals surface area contributed by atoms with Crippen LogP contribution in [0.4, 0.5) is 11.4 Å². The van der Waals surface area contributed by atoms with Gasteiger partial charge in [-0.2, -0.15) is 0 Å². The van der Waals surface area contributed by atoms with Crippen LogP contribution < -0.4 is 10.6 Å². The van der Waals surface area contributed by atoms with Crippen molar-refractivity contribution in [2.45, 2.75) is 12.8 Å². The number of anilines is 2. The number of hydrogen-bond donors (Lipinski definition) is 2. The minimum absolute atomic E-state index is 0.0231. The highest BCUT2D eigenvalue weighted by atomic mass is 16.2. The van der Waals surface area contributed by atoms with E-state index in [4.69, 9.17) is 0 Å². The molecule has 14 heavy (non-hydrogen) atoms. The van der Waals surface area contributed by atoms with Crippen molar-refractivity contribution >= 4 is 23.2 Å². The zero-order valence-electron chi connectivity index (χ0n) is 7.39. The van der Waals surface area contributed by atoms with Crippen LogP contribution in [0.5, 0.6) is 0 Å². The molecular weight excluding hydrogens is 180 g/mol. The molecule has 2 N–H and O–H groups in total. The van der Waals surface area contributed by atoms with Gasteiger partial charge >= 0.3 is 0 Å². The van der Waals surface area contributed by atoms with Crippen LogP contribution >= 0.6 is 0 Å². The van der Waals surface area contributed by atoms with E-state index in [-0.39, 0.29) is 11.8 Å². The van der Waals surface area contributed by atoms with Gasteiger partial charge in [0.1, 0.15) is 0 Å². The molecule has 0 bridgehead atoms. The molecule has 2 amide bonds. The standard InChI is InChI=1S/C10H8N2O2/c13-9-3-5-1-7-6(2-8(5)12-9)4-10(14)11-7/h1-2H,3-4H2,(H,11,14)(H,12,13). The van der Waals surface area contributed by atoms with Crippen LogP contribution in [0.3, 0.4) is 0 Å². The second-order valence-electron chi connectivity index (χ2n) is 3.62. The maximum atomic E-state index is 11.1. The molecule has 0 atom stereocenters. The topological polar surface area (TPSA) is 58.2 Å². The summed E-state index contributed by atoms with van der Waals surface area (Å²) in [5.74, 6) is 0.0463. The molecule has 0 aliphatic carbocycles. The number of amides is 2. The maximum Gasteiger partial charge on any atom is 0.228 e. The lowest BCUT2D eigenvalue weighted by Gasteiger charge is -2.02. The second-order valence-corrected chi connectivity index (χ2v) is 3.62. The summed E-state index contributed by atoms with van der Waals surface area (Å²) in [5.41, 5.74) is 3.64. The van der Waals surface area contributed by atoms with Crippen LogP contribution in [0.2, 0.25) is 0 Å². The number of fused-ring (bicyclic) bond motifs is 2. The van der Waals surface area contributed by atoms with Gasteiger partial charge in [0, 0.05) is 11.4 Å². The number of carbonyl (C=O) groups is 2. The highest BCUT2D eigenvalue weighted by molar-refractivity contribution is 6.04. The number of carbonyl (C=O) groups excluding carboxylic acids is 2. The molecule has 0 saturated carbocycles.